The average molecular weight is 274 g/mol. The summed E-state index contributed by atoms with van der Waals surface area (Å²) < 4.78 is 0. The Kier molecular flexibility index (Phi) is 5.60. The Hall–Kier alpha value is -1.35. The Labute approximate surface area is 121 Å². The number of hydrogen-bond donors (Lipinski definition) is 2. The number of rotatable bonds is 5. The van der Waals surface area contributed by atoms with E-state index in [2.05, 4.69) is 12.2 Å². The largest absolute Gasteiger partial charge is 0.349 e. The molecule has 0 spiro atoms. The van der Waals surface area contributed by atoms with E-state index in [9.17, 15) is 4.79 Å². The maximum Gasteiger partial charge on any atom is 0.251 e. The summed E-state index contributed by atoms with van der Waals surface area (Å²) in [6, 6.07) is 8.15. The summed E-state index contributed by atoms with van der Waals surface area (Å²) in [6.45, 7) is 2.89. The van der Waals surface area contributed by atoms with E-state index in [1.54, 1.807) is 0 Å². The molecule has 0 bridgehead atoms. The van der Waals surface area contributed by atoms with Gasteiger partial charge in [0.05, 0.1) is 0 Å². The topological polar surface area (TPSA) is 55.1 Å². The van der Waals surface area contributed by atoms with E-state index in [1.165, 1.54) is 24.8 Å². The fraction of sp³-hybridized carbons (Fsp3) is 0.588. The lowest BCUT2D eigenvalue weighted by atomic mass is 9.84. The van der Waals surface area contributed by atoms with Crippen LogP contribution in [-0.4, -0.2) is 18.5 Å². The second kappa shape index (κ2) is 7.44. The molecular weight excluding hydrogens is 248 g/mol. The summed E-state index contributed by atoms with van der Waals surface area (Å²) in [5, 5.41) is 3.19. The van der Waals surface area contributed by atoms with Crippen LogP contribution < -0.4 is 11.1 Å². The molecule has 0 aliphatic heterocycles. The van der Waals surface area contributed by atoms with Crippen LogP contribution in [-0.2, 0) is 6.42 Å². The van der Waals surface area contributed by atoms with Crippen molar-refractivity contribution >= 4 is 5.91 Å². The minimum absolute atomic E-state index is 0.0612. The fourth-order valence-electron chi connectivity index (χ4n) is 3.05. The van der Waals surface area contributed by atoms with E-state index in [1.807, 2.05) is 24.3 Å². The molecule has 1 fully saturated rings. The zero-order valence-electron chi connectivity index (χ0n) is 12.4. The van der Waals surface area contributed by atoms with Crippen LogP contribution in [0.3, 0.4) is 0 Å². The molecule has 1 saturated carbocycles. The first-order valence-electron chi connectivity index (χ1n) is 7.82. The Balaban J connectivity index is 1.90. The molecule has 1 aliphatic rings. The molecule has 0 aromatic heterocycles. The van der Waals surface area contributed by atoms with E-state index in [4.69, 9.17) is 5.73 Å². The molecule has 3 nitrogen and oxygen atoms in total. The van der Waals surface area contributed by atoms with Gasteiger partial charge in [-0.15, -0.1) is 0 Å². The first-order valence-corrected chi connectivity index (χ1v) is 7.82. The van der Waals surface area contributed by atoms with Gasteiger partial charge in [0.25, 0.3) is 5.91 Å². The Morgan fingerprint density at radius 2 is 2.05 bits per heavy atom. The average Bonchev–Trinajstić information content (AvgIpc) is 2.48. The maximum atomic E-state index is 12.2. The van der Waals surface area contributed by atoms with E-state index >= 15 is 0 Å². The molecule has 2 unspecified atom stereocenters. The lowest BCUT2D eigenvalue weighted by molar-refractivity contribution is 0.0919. The standard InChI is InChI=1S/C17H26N2O/c1-2-13-4-3-5-16(12-13)19-17(20)15-8-6-14(7-9-15)10-11-18/h6-9,13,16H,2-5,10-12,18H2,1H3,(H,19,20). The quantitative estimate of drug-likeness (QED) is 0.867. The molecular formula is C17H26N2O. The van der Waals surface area contributed by atoms with Crippen molar-refractivity contribution in [2.24, 2.45) is 11.7 Å². The number of nitrogens with one attached hydrogen (secondary N) is 1. The smallest absolute Gasteiger partial charge is 0.251 e. The summed E-state index contributed by atoms with van der Waals surface area (Å²) in [7, 11) is 0. The molecule has 1 aliphatic carbocycles. The van der Waals surface area contributed by atoms with E-state index < -0.39 is 0 Å². The third kappa shape index (κ3) is 4.07. The molecule has 0 heterocycles. The van der Waals surface area contributed by atoms with Crippen LogP contribution in [0.2, 0.25) is 0 Å². The van der Waals surface area contributed by atoms with Crippen molar-refractivity contribution < 1.29 is 4.79 Å². The molecule has 2 atom stereocenters. The molecule has 1 aromatic rings. The van der Waals surface area contributed by atoms with Gasteiger partial charge in [-0.3, -0.25) is 4.79 Å². The van der Waals surface area contributed by atoms with Crippen LogP contribution >= 0.6 is 0 Å². The van der Waals surface area contributed by atoms with Gasteiger partial charge in [-0.05, 0) is 49.4 Å². The van der Waals surface area contributed by atoms with Gasteiger partial charge < -0.3 is 11.1 Å². The summed E-state index contributed by atoms with van der Waals surface area (Å²) in [5.74, 6) is 0.840. The number of carbonyl (C=O) groups excluding carboxylic acids is 1. The fourth-order valence-corrected chi connectivity index (χ4v) is 3.05. The molecule has 2 rings (SSSR count). The van der Waals surface area contributed by atoms with Crippen LogP contribution in [0, 0.1) is 5.92 Å². The highest BCUT2D eigenvalue weighted by Gasteiger charge is 2.22. The van der Waals surface area contributed by atoms with Crippen LogP contribution in [0.1, 0.15) is 54.9 Å². The van der Waals surface area contributed by atoms with E-state index in [0.29, 0.717) is 12.6 Å². The number of carbonyl (C=O) groups is 1. The zero-order valence-corrected chi connectivity index (χ0v) is 12.4. The molecule has 1 amide bonds. The lowest BCUT2D eigenvalue weighted by Crippen LogP contribution is -2.38. The summed E-state index contributed by atoms with van der Waals surface area (Å²) in [6.07, 6.45) is 6.89. The zero-order chi connectivity index (χ0) is 14.4. The van der Waals surface area contributed by atoms with Gasteiger partial charge in [-0.2, -0.15) is 0 Å². The molecule has 1 aromatic carbocycles. The van der Waals surface area contributed by atoms with Crippen LogP contribution in [0.15, 0.2) is 24.3 Å². The van der Waals surface area contributed by atoms with Crippen molar-refractivity contribution in [3.8, 4) is 0 Å². The summed E-state index contributed by atoms with van der Waals surface area (Å²) in [4.78, 5) is 12.2. The van der Waals surface area contributed by atoms with Gasteiger partial charge in [-0.25, -0.2) is 0 Å². The van der Waals surface area contributed by atoms with Crippen LogP contribution in [0.5, 0.6) is 0 Å². The highest BCUT2D eigenvalue weighted by atomic mass is 16.1. The van der Waals surface area contributed by atoms with Crippen molar-refractivity contribution in [1.29, 1.82) is 0 Å². The third-order valence-corrected chi connectivity index (χ3v) is 4.34. The first kappa shape index (κ1) is 15.0. The van der Waals surface area contributed by atoms with E-state index in [0.717, 1.165) is 30.7 Å². The lowest BCUT2D eigenvalue weighted by Gasteiger charge is -2.29. The summed E-state index contributed by atoms with van der Waals surface area (Å²) in [5.41, 5.74) is 7.47. The summed E-state index contributed by atoms with van der Waals surface area (Å²) >= 11 is 0. The molecule has 110 valence electrons. The van der Waals surface area contributed by atoms with Gasteiger partial charge in [0.1, 0.15) is 0 Å². The number of nitrogens with two attached hydrogens (primary N) is 1. The van der Waals surface area contributed by atoms with Gasteiger partial charge in [0.2, 0.25) is 0 Å². The van der Waals surface area contributed by atoms with Crippen molar-refractivity contribution in [1.82, 2.24) is 5.32 Å². The van der Waals surface area contributed by atoms with Gasteiger partial charge in [-0.1, -0.05) is 38.3 Å². The van der Waals surface area contributed by atoms with Crippen molar-refractivity contribution in [3.05, 3.63) is 35.4 Å². The van der Waals surface area contributed by atoms with Crippen LogP contribution in [0.4, 0.5) is 0 Å². The van der Waals surface area contributed by atoms with Crippen LogP contribution in [0.25, 0.3) is 0 Å². The monoisotopic (exact) mass is 274 g/mol. The van der Waals surface area contributed by atoms with E-state index in [-0.39, 0.29) is 5.91 Å². The van der Waals surface area contributed by atoms with Crippen molar-refractivity contribution in [2.75, 3.05) is 6.54 Å². The molecule has 0 saturated heterocycles. The Morgan fingerprint density at radius 3 is 2.70 bits per heavy atom. The molecule has 3 heteroatoms. The Bertz CT molecular complexity index is 427. The van der Waals surface area contributed by atoms with Gasteiger partial charge in [0.15, 0.2) is 0 Å². The second-order valence-electron chi connectivity index (χ2n) is 5.85. The predicted molar refractivity (Wildman–Crippen MR) is 82.7 cm³/mol. The SMILES string of the molecule is CCC1CCCC(NC(=O)c2ccc(CCN)cc2)C1. The highest BCUT2D eigenvalue weighted by Crippen LogP contribution is 2.26. The minimum atomic E-state index is 0.0612. The van der Waals surface area contributed by atoms with Crippen molar-refractivity contribution in [3.63, 3.8) is 0 Å². The highest BCUT2D eigenvalue weighted by molar-refractivity contribution is 5.94. The normalized spacial score (nSPS) is 22.5. The third-order valence-electron chi connectivity index (χ3n) is 4.34. The molecule has 3 N–H and O–H groups in total. The molecule has 20 heavy (non-hydrogen) atoms. The number of hydrogen-bond acceptors (Lipinski definition) is 2. The van der Waals surface area contributed by atoms with Gasteiger partial charge in [0, 0.05) is 11.6 Å². The Morgan fingerprint density at radius 1 is 1.30 bits per heavy atom. The van der Waals surface area contributed by atoms with Gasteiger partial charge >= 0.3 is 0 Å². The number of amides is 1. The minimum Gasteiger partial charge on any atom is -0.349 e. The second-order valence-corrected chi connectivity index (χ2v) is 5.85. The van der Waals surface area contributed by atoms with Crippen molar-refractivity contribution in [2.45, 2.75) is 51.5 Å². The molecule has 0 radical (unpaired) electrons. The predicted octanol–water partition coefficient (Wildman–Crippen LogP) is 2.89. The maximum absolute atomic E-state index is 12.2. The number of benzene rings is 1. The first-order chi connectivity index (χ1) is 9.72.